The summed E-state index contributed by atoms with van der Waals surface area (Å²) in [5.41, 5.74) is 5.94. The van der Waals surface area contributed by atoms with Gasteiger partial charge in [0.15, 0.2) is 0 Å². The number of hydrogen-bond acceptors (Lipinski definition) is 3. The van der Waals surface area contributed by atoms with E-state index >= 15 is 0 Å². The summed E-state index contributed by atoms with van der Waals surface area (Å²) in [5, 5.41) is 0. The van der Waals surface area contributed by atoms with E-state index in [9.17, 15) is 8.42 Å². The molecule has 1 saturated carbocycles. The molecule has 1 atom stereocenters. The van der Waals surface area contributed by atoms with Gasteiger partial charge in [0.05, 0.1) is 5.75 Å². The van der Waals surface area contributed by atoms with Crippen LogP contribution in [0.25, 0.3) is 0 Å². The van der Waals surface area contributed by atoms with Gasteiger partial charge in [-0.05, 0) is 24.2 Å². The maximum absolute atomic E-state index is 12.3. The molecule has 1 aliphatic carbocycles. The van der Waals surface area contributed by atoms with Crippen molar-refractivity contribution in [1.82, 2.24) is 4.31 Å². The Balaban J connectivity index is 0.00000180. The minimum atomic E-state index is -3.07. The van der Waals surface area contributed by atoms with Crippen LogP contribution >= 0.6 is 12.4 Å². The highest BCUT2D eigenvalue weighted by molar-refractivity contribution is 7.89. The molecule has 2 N–H and O–H groups in total. The smallest absolute Gasteiger partial charge is 0.214 e. The van der Waals surface area contributed by atoms with Crippen molar-refractivity contribution in [1.29, 1.82) is 0 Å². The summed E-state index contributed by atoms with van der Waals surface area (Å²) in [6.07, 6.45) is 5.31. The minimum Gasteiger partial charge on any atom is -0.327 e. The Labute approximate surface area is 123 Å². The van der Waals surface area contributed by atoms with Gasteiger partial charge in [-0.2, -0.15) is 0 Å². The first-order chi connectivity index (χ1) is 8.31. The van der Waals surface area contributed by atoms with E-state index in [-0.39, 0.29) is 23.9 Å². The van der Waals surface area contributed by atoms with Crippen molar-refractivity contribution >= 4 is 22.4 Å². The maximum atomic E-state index is 12.3. The van der Waals surface area contributed by atoms with Crippen LogP contribution in [0.4, 0.5) is 0 Å². The predicted molar refractivity (Wildman–Crippen MR) is 80.9 cm³/mol. The number of nitrogens with zero attached hydrogens (tertiary/aromatic N) is 1. The third kappa shape index (κ3) is 4.06. The van der Waals surface area contributed by atoms with Gasteiger partial charge >= 0.3 is 0 Å². The third-order valence-corrected chi connectivity index (χ3v) is 6.53. The average molecular weight is 311 g/mol. The molecule has 0 bridgehead atoms. The van der Waals surface area contributed by atoms with Crippen molar-refractivity contribution < 1.29 is 8.42 Å². The summed E-state index contributed by atoms with van der Waals surface area (Å²) >= 11 is 0. The first kappa shape index (κ1) is 17.2. The Kier molecular flexibility index (Phi) is 5.70. The second-order valence-electron chi connectivity index (χ2n) is 6.62. The van der Waals surface area contributed by atoms with Crippen molar-refractivity contribution in [3.8, 4) is 0 Å². The van der Waals surface area contributed by atoms with Gasteiger partial charge < -0.3 is 5.73 Å². The molecule has 2 aliphatic rings. The first-order valence-electron chi connectivity index (χ1n) is 7.05. The number of nitrogens with two attached hydrogens (primary N) is 1. The Morgan fingerprint density at radius 1 is 1.26 bits per heavy atom. The summed E-state index contributed by atoms with van der Waals surface area (Å²) in [5.74, 6) is 0.975. The molecule has 0 aromatic heterocycles. The van der Waals surface area contributed by atoms with Gasteiger partial charge in [-0.25, -0.2) is 12.7 Å². The molecule has 19 heavy (non-hydrogen) atoms. The van der Waals surface area contributed by atoms with Gasteiger partial charge in [0.25, 0.3) is 0 Å². The second kappa shape index (κ2) is 6.29. The molecule has 6 heteroatoms. The van der Waals surface area contributed by atoms with E-state index in [1.807, 2.05) is 0 Å². The van der Waals surface area contributed by atoms with Crippen molar-refractivity contribution in [2.45, 2.75) is 52.0 Å². The highest BCUT2D eigenvalue weighted by Crippen LogP contribution is 2.32. The Morgan fingerprint density at radius 2 is 1.89 bits per heavy atom. The van der Waals surface area contributed by atoms with E-state index in [0.29, 0.717) is 24.8 Å². The SMILES string of the molecule is CC1(C)CN(S(=O)(=O)CCC2CCC2)CCC1N.Cl. The van der Waals surface area contributed by atoms with Crippen LogP contribution in [0.1, 0.15) is 46.0 Å². The van der Waals surface area contributed by atoms with Crippen molar-refractivity contribution in [2.24, 2.45) is 17.1 Å². The van der Waals surface area contributed by atoms with Crippen LogP contribution in [0.15, 0.2) is 0 Å². The van der Waals surface area contributed by atoms with E-state index in [1.54, 1.807) is 4.31 Å². The average Bonchev–Trinajstić information content (AvgIpc) is 2.19. The molecule has 0 amide bonds. The fraction of sp³-hybridized carbons (Fsp3) is 1.00. The van der Waals surface area contributed by atoms with Gasteiger partial charge in [0, 0.05) is 19.1 Å². The fourth-order valence-electron chi connectivity index (χ4n) is 2.79. The molecule has 1 saturated heterocycles. The Bertz CT molecular complexity index is 393. The van der Waals surface area contributed by atoms with Crippen molar-refractivity contribution in [3.63, 3.8) is 0 Å². The number of sulfonamides is 1. The van der Waals surface area contributed by atoms with Crippen LogP contribution < -0.4 is 5.73 Å². The van der Waals surface area contributed by atoms with Gasteiger partial charge in [-0.15, -0.1) is 12.4 Å². The van der Waals surface area contributed by atoms with Crippen LogP contribution in [0.3, 0.4) is 0 Å². The normalized spacial score (nSPS) is 28.5. The van der Waals surface area contributed by atoms with Gasteiger partial charge in [-0.3, -0.25) is 0 Å². The predicted octanol–water partition coefficient (Wildman–Crippen LogP) is 1.99. The molecule has 1 heterocycles. The third-order valence-electron chi connectivity index (χ3n) is 4.68. The minimum absolute atomic E-state index is 0. The summed E-state index contributed by atoms with van der Waals surface area (Å²) in [4.78, 5) is 0. The topological polar surface area (TPSA) is 63.4 Å². The Hall–Kier alpha value is 0.160. The summed E-state index contributed by atoms with van der Waals surface area (Å²) in [7, 11) is -3.07. The molecule has 0 spiro atoms. The summed E-state index contributed by atoms with van der Waals surface area (Å²) in [6, 6.07) is 0.107. The number of rotatable bonds is 4. The summed E-state index contributed by atoms with van der Waals surface area (Å²) in [6.45, 7) is 5.29. The lowest BCUT2D eigenvalue weighted by Crippen LogP contribution is -2.54. The summed E-state index contributed by atoms with van der Waals surface area (Å²) < 4.78 is 26.3. The highest BCUT2D eigenvalue weighted by Gasteiger charge is 2.38. The van der Waals surface area contributed by atoms with Crippen LogP contribution in [0.2, 0.25) is 0 Å². The van der Waals surface area contributed by atoms with Crippen molar-refractivity contribution in [2.75, 3.05) is 18.8 Å². The molecule has 1 unspecified atom stereocenters. The molecule has 114 valence electrons. The van der Waals surface area contributed by atoms with E-state index < -0.39 is 10.0 Å². The number of piperidine rings is 1. The first-order valence-corrected chi connectivity index (χ1v) is 8.65. The lowest BCUT2D eigenvalue weighted by Gasteiger charge is -2.42. The zero-order valence-corrected chi connectivity index (χ0v) is 13.6. The number of hydrogen-bond donors (Lipinski definition) is 1. The molecule has 1 aliphatic heterocycles. The zero-order valence-electron chi connectivity index (χ0n) is 12.0. The maximum Gasteiger partial charge on any atom is 0.214 e. The molecule has 0 radical (unpaired) electrons. The van der Waals surface area contributed by atoms with Gasteiger partial charge in [0.2, 0.25) is 10.0 Å². The fourth-order valence-corrected chi connectivity index (χ4v) is 4.59. The molecule has 0 aromatic rings. The van der Waals surface area contributed by atoms with E-state index in [0.717, 1.165) is 12.8 Å². The van der Waals surface area contributed by atoms with Crippen LogP contribution in [0, 0.1) is 11.3 Å². The highest BCUT2D eigenvalue weighted by atomic mass is 35.5. The van der Waals surface area contributed by atoms with E-state index in [2.05, 4.69) is 13.8 Å². The van der Waals surface area contributed by atoms with Gasteiger partial charge in [0.1, 0.15) is 0 Å². The standard InChI is InChI=1S/C13H26N2O2S.ClH/c1-13(2)10-15(8-6-12(13)14)18(16,17)9-7-11-4-3-5-11;/h11-12H,3-10,14H2,1-2H3;1H. The Morgan fingerprint density at radius 3 is 2.37 bits per heavy atom. The monoisotopic (exact) mass is 310 g/mol. The van der Waals surface area contributed by atoms with Crippen molar-refractivity contribution in [3.05, 3.63) is 0 Å². The second-order valence-corrected chi connectivity index (χ2v) is 8.71. The lowest BCUT2D eigenvalue weighted by atomic mass is 9.81. The van der Waals surface area contributed by atoms with Crippen LogP contribution in [-0.2, 0) is 10.0 Å². The molecular weight excluding hydrogens is 284 g/mol. The molecule has 4 nitrogen and oxygen atoms in total. The number of halogens is 1. The lowest BCUT2D eigenvalue weighted by molar-refractivity contribution is 0.155. The quantitative estimate of drug-likeness (QED) is 0.863. The molecule has 0 aromatic carbocycles. The largest absolute Gasteiger partial charge is 0.327 e. The van der Waals surface area contributed by atoms with E-state index in [1.165, 1.54) is 19.3 Å². The molecule has 2 rings (SSSR count). The molecule has 2 fully saturated rings. The van der Waals surface area contributed by atoms with E-state index in [4.69, 9.17) is 5.73 Å². The van der Waals surface area contributed by atoms with Crippen LogP contribution in [0.5, 0.6) is 0 Å². The molecular formula is C13H27ClN2O2S. The van der Waals surface area contributed by atoms with Gasteiger partial charge in [-0.1, -0.05) is 33.1 Å². The zero-order chi connectivity index (χ0) is 13.4. The van der Waals surface area contributed by atoms with Crippen LogP contribution in [-0.4, -0.2) is 37.6 Å².